The van der Waals surface area contributed by atoms with Crippen LogP contribution in [0.1, 0.15) is 5.56 Å². The smallest absolute Gasteiger partial charge is 0.210 e. The number of anilines is 2. The van der Waals surface area contributed by atoms with E-state index in [4.69, 9.17) is 0 Å². The van der Waals surface area contributed by atoms with E-state index in [0.717, 1.165) is 14.7 Å². The molecule has 1 N–H and O–H groups in total. The highest BCUT2D eigenvalue weighted by atomic mass is 79.9. The van der Waals surface area contributed by atoms with Crippen molar-refractivity contribution in [3.63, 3.8) is 0 Å². The van der Waals surface area contributed by atoms with Gasteiger partial charge in [-0.15, -0.1) is 10.2 Å². The first-order chi connectivity index (χ1) is 6.75. The zero-order valence-electron chi connectivity index (χ0n) is 7.49. The molecule has 0 amide bonds. The number of hydrogen-bond acceptors (Lipinski definition) is 4. The molecule has 0 bridgehead atoms. The van der Waals surface area contributed by atoms with E-state index in [-0.39, 0.29) is 0 Å². The average Bonchev–Trinajstić information content (AvgIpc) is 2.56. The molecule has 5 heteroatoms. The molecule has 14 heavy (non-hydrogen) atoms. The third-order valence-corrected chi connectivity index (χ3v) is 3.06. The first-order valence-corrected chi connectivity index (χ1v) is 5.68. The first-order valence-electron chi connectivity index (χ1n) is 4.07. The summed E-state index contributed by atoms with van der Waals surface area (Å²) in [7, 11) is 0. The molecule has 0 aliphatic carbocycles. The number of halogens is 1. The third-order valence-electron chi connectivity index (χ3n) is 1.79. The molecule has 0 spiro atoms. The fraction of sp³-hybridized carbons (Fsp3) is 0.111. The van der Waals surface area contributed by atoms with Crippen LogP contribution in [0.3, 0.4) is 0 Å². The Morgan fingerprint density at radius 1 is 1.29 bits per heavy atom. The molecular formula is C9H8BrN3S. The highest BCUT2D eigenvalue weighted by molar-refractivity contribution is 9.11. The molecule has 1 aromatic carbocycles. The van der Waals surface area contributed by atoms with Gasteiger partial charge in [-0.3, -0.25) is 0 Å². The predicted octanol–water partition coefficient (Wildman–Crippen LogP) is 3.35. The van der Waals surface area contributed by atoms with Crippen molar-refractivity contribution in [2.75, 3.05) is 5.32 Å². The lowest BCUT2D eigenvalue weighted by molar-refractivity contribution is 1.07. The normalized spacial score (nSPS) is 10.1. The van der Waals surface area contributed by atoms with Gasteiger partial charge in [-0.25, -0.2) is 0 Å². The fourth-order valence-corrected chi connectivity index (χ4v) is 2.11. The molecule has 0 saturated carbocycles. The van der Waals surface area contributed by atoms with Gasteiger partial charge in [0.1, 0.15) is 0 Å². The second kappa shape index (κ2) is 4.06. The largest absolute Gasteiger partial charge is 0.330 e. The summed E-state index contributed by atoms with van der Waals surface area (Å²) in [4.78, 5) is 0. The topological polar surface area (TPSA) is 37.8 Å². The van der Waals surface area contributed by atoms with E-state index in [1.807, 2.05) is 18.2 Å². The van der Waals surface area contributed by atoms with Crippen LogP contribution in [0.5, 0.6) is 0 Å². The minimum atomic E-state index is 0.786. The van der Waals surface area contributed by atoms with Crippen molar-refractivity contribution in [3.05, 3.63) is 33.7 Å². The minimum absolute atomic E-state index is 0.786. The summed E-state index contributed by atoms with van der Waals surface area (Å²) in [5, 5.41) is 11.8. The van der Waals surface area contributed by atoms with Crippen LogP contribution in [0, 0.1) is 6.92 Å². The van der Waals surface area contributed by atoms with Gasteiger partial charge < -0.3 is 5.32 Å². The van der Waals surface area contributed by atoms with Crippen molar-refractivity contribution in [2.24, 2.45) is 0 Å². The van der Waals surface area contributed by atoms with Gasteiger partial charge in [0, 0.05) is 5.69 Å². The number of rotatable bonds is 2. The Morgan fingerprint density at radius 3 is 2.71 bits per heavy atom. The van der Waals surface area contributed by atoms with Gasteiger partial charge in [0.2, 0.25) is 5.13 Å². The zero-order chi connectivity index (χ0) is 9.97. The summed E-state index contributed by atoms with van der Waals surface area (Å²) in [6.07, 6.45) is 0. The van der Waals surface area contributed by atoms with E-state index >= 15 is 0 Å². The lowest BCUT2D eigenvalue weighted by atomic mass is 10.2. The van der Waals surface area contributed by atoms with Crippen molar-refractivity contribution in [3.8, 4) is 0 Å². The van der Waals surface area contributed by atoms with E-state index in [0.29, 0.717) is 0 Å². The van der Waals surface area contributed by atoms with Crippen molar-refractivity contribution in [1.29, 1.82) is 0 Å². The summed E-state index contributed by atoms with van der Waals surface area (Å²) in [6.45, 7) is 2.05. The number of aryl methyl sites for hydroxylation is 1. The summed E-state index contributed by atoms with van der Waals surface area (Å²) >= 11 is 4.74. The Kier molecular flexibility index (Phi) is 2.79. The molecule has 0 fully saturated rings. The highest BCUT2D eigenvalue weighted by Gasteiger charge is 2.02. The molecule has 2 aromatic rings. The van der Waals surface area contributed by atoms with E-state index in [2.05, 4.69) is 44.4 Å². The minimum Gasteiger partial charge on any atom is -0.330 e. The molecule has 3 nitrogen and oxygen atoms in total. The molecule has 0 radical (unpaired) electrons. The second-order valence-electron chi connectivity index (χ2n) is 2.80. The fourth-order valence-electron chi connectivity index (χ4n) is 1.08. The van der Waals surface area contributed by atoms with Crippen LogP contribution < -0.4 is 5.32 Å². The predicted molar refractivity (Wildman–Crippen MR) is 62.1 cm³/mol. The maximum atomic E-state index is 3.96. The van der Waals surface area contributed by atoms with Crippen molar-refractivity contribution in [1.82, 2.24) is 10.2 Å². The molecule has 72 valence electrons. The summed E-state index contributed by atoms with van der Waals surface area (Å²) in [6, 6.07) is 8.07. The molecule has 1 aromatic heterocycles. The van der Waals surface area contributed by atoms with Crippen LogP contribution in [0.2, 0.25) is 0 Å². The van der Waals surface area contributed by atoms with Crippen LogP contribution >= 0.6 is 27.3 Å². The lowest BCUT2D eigenvalue weighted by Crippen LogP contribution is -1.91. The van der Waals surface area contributed by atoms with Crippen LogP contribution in [0.4, 0.5) is 10.8 Å². The number of nitrogens with one attached hydrogen (secondary N) is 1. The van der Waals surface area contributed by atoms with Gasteiger partial charge in [0.25, 0.3) is 0 Å². The number of aromatic nitrogens is 2. The summed E-state index contributed by atoms with van der Waals surface area (Å²) in [5.41, 5.74) is 2.26. The molecule has 2 rings (SSSR count). The van der Waals surface area contributed by atoms with Crippen LogP contribution in [0.25, 0.3) is 0 Å². The number of para-hydroxylation sites is 1. The number of hydrogen-bond donors (Lipinski definition) is 1. The van der Waals surface area contributed by atoms with Gasteiger partial charge in [0.05, 0.1) is 0 Å². The Balaban J connectivity index is 2.23. The second-order valence-corrected chi connectivity index (χ2v) is 5.05. The van der Waals surface area contributed by atoms with E-state index in [9.17, 15) is 0 Å². The number of nitrogens with zero attached hydrogens (tertiary/aromatic N) is 2. The highest BCUT2D eigenvalue weighted by Crippen LogP contribution is 2.25. The molecule has 1 heterocycles. The van der Waals surface area contributed by atoms with Crippen molar-refractivity contribution in [2.45, 2.75) is 6.92 Å². The monoisotopic (exact) mass is 269 g/mol. The summed E-state index contributed by atoms with van der Waals surface area (Å²) < 4.78 is 0.786. The zero-order valence-corrected chi connectivity index (χ0v) is 9.89. The Bertz CT molecular complexity index is 441. The number of benzene rings is 1. The molecule has 0 saturated heterocycles. The maximum Gasteiger partial charge on any atom is 0.210 e. The Hall–Kier alpha value is -0.940. The third kappa shape index (κ3) is 2.10. The molecular weight excluding hydrogens is 262 g/mol. The Labute approximate surface area is 94.3 Å². The van der Waals surface area contributed by atoms with E-state index in [1.165, 1.54) is 16.9 Å². The standard InChI is InChI=1S/C9H8BrN3S/c1-6-4-2-3-5-7(6)11-9-13-12-8(10)14-9/h2-5H,1H3,(H,11,13). The van der Waals surface area contributed by atoms with Crippen LogP contribution in [-0.4, -0.2) is 10.2 Å². The lowest BCUT2D eigenvalue weighted by Gasteiger charge is -2.04. The van der Waals surface area contributed by atoms with E-state index in [1.54, 1.807) is 0 Å². The average molecular weight is 270 g/mol. The van der Waals surface area contributed by atoms with Crippen LogP contribution in [0.15, 0.2) is 28.2 Å². The SMILES string of the molecule is Cc1ccccc1Nc1nnc(Br)s1. The van der Waals surface area contributed by atoms with Crippen LogP contribution in [-0.2, 0) is 0 Å². The van der Waals surface area contributed by atoms with Gasteiger partial charge in [-0.2, -0.15) is 0 Å². The molecule has 0 aliphatic rings. The maximum absolute atomic E-state index is 3.96. The van der Waals surface area contributed by atoms with Gasteiger partial charge in [0.15, 0.2) is 3.92 Å². The molecule has 0 unspecified atom stereocenters. The van der Waals surface area contributed by atoms with Crippen molar-refractivity contribution >= 4 is 38.1 Å². The molecule has 0 aliphatic heterocycles. The summed E-state index contributed by atoms with van der Waals surface area (Å²) in [5.74, 6) is 0. The Morgan fingerprint density at radius 2 is 2.07 bits per heavy atom. The van der Waals surface area contributed by atoms with Gasteiger partial charge in [-0.1, -0.05) is 29.5 Å². The molecule has 0 atom stereocenters. The van der Waals surface area contributed by atoms with Crippen molar-refractivity contribution < 1.29 is 0 Å². The quantitative estimate of drug-likeness (QED) is 0.909. The van der Waals surface area contributed by atoms with Gasteiger partial charge >= 0.3 is 0 Å². The van der Waals surface area contributed by atoms with Gasteiger partial charge in [-0.05, 0) is 34.5 Å². The van der Waals surface area contributed by atoms with E-state index < -0.39 is 0 Å². The first kappa shape index (κ1) is 9.61.